The van der Waals surface area contributed by atoms with E-state index in [4.69, 9.17) is 15.2 Å². The minimum Gasteiger partial charge on any atom is -0.480 e. The Kier molecular flexibility index (Phi) is 5.97. The summed E-state index contributed by atoms with van der Waals surface area (Å²) >= 11 is 0. The van der Waals surface area contributed by atoms with Gasteiger partial charge in [-0.2, -0.15) is 0 Å². The Balaban J connectivity index is 0.00000200. The molecule has 0 saturated heterocycles. The van der Waals surface area contributed by atoms with Crippen LogP contribution in [0.2, 0.25) is 0 Å². The molecule has 1 saturated carbocycles. The predicted octanol–water partition coefficient (Wildman–Crippen LogP) is 0.383. The normalized spacial score (nSPS) is 14.9. The summed E-state index contributed by atoms with van der Waals surface area (Å²) in [5.74, 6) is 0.527. The van der Waals surface area contributed by atoms with E-state index in [1.807, 2.05) is 0 Å². The third kappa shape index (κ3) is 3.49. The van der Waals surface area contributed by atoms with Gasteiger partial charge in [-0.25, -0.2) is 9.97 Å². The van der Waals surface area contributed by atoms with Gasteiger partial charge in [0.25, 0.3) is 5.91 Å². The van der Waals surface area contributed by atoms with E-state index < -0.39 is 0 Å². The van der Waals surface area contributed by atoms with Crippen LogP contribution in [-0.4, -0.2) is 42.7 Å². The first-order valence-electron chi connectivity index (χ1n) is 6.15. The van der Waals surface area contributed by atoms with E-state index >= 15 is 0 Å². The Morgan fingerprint density at radius 2 is 1.95 bits per heavy atom. The highest BCUT2D eigenvalue weighted by Gasteiger charge is 2.33. The summed E-state index contributed by atoms with van der Waals surface area (Å²) in [4.78, 5) is 20.1. The fourth-order valence-corrected chi connectivity index (χ4v) is 1.97. The Morgan fingerprint density at radius 3 is 2.35 bits per heavy atom. The molecular weight excluding hydrogens is 284 g/mol. The number of ether oxygens (including phenoxy) is 2. The topological polar surface area (TPSA) is 99.4 Å². The van der Waals surface area contributed by atoms with Crippen molar-refractivity contribution >= 4 is 18.3 Å². The van der Waals surface area contributed by atoms with Crippen molar-refractivity contribution in [2.75, 3.05) is 20.8 Å². The number of nitrogens with two attached hydrogens (primary N) is 1. The van der Waals surface area contributed by atoms with Crippen LogP contribution in [0.15, 0.2) is 6.33 Å². The minimum atomic E-state index is -0.323. The van der Waals surface area contributed by atoms with Gasteiger partial charge < -0.3 is 20.5 Å². The smallest absolute Gasteiger partial charge is 0.262 e. The molecule has 1 fully saturated rings. The highest BCUT2D eigenvalue weighted by atomic mass is 35.5. The first kappa shape index (κ1) is 16.5. The molecule has 1 unspecified atom stereocenters. The van der Waals surface area contributed by atoms with Crippen molar-refractivity contribution in [3.05, 3.63) is 11.9 Å². The van der Waals surface area contributed by atoms with Crippen LogP contribution in [0.25, 0.3) is 0 Å². The zero-order valence-electron chi connectivity index (χ0n) is 11.5. The Bertz CT molecular complexity index is 446. The van der Waals surface area contributed by atoms with Gasteiger partial charge in [-0.3, -0.25) is 4.79 Å². The molecule has 112 valence electrons. The summed E-state index contributed by atoms with van der Waals surface area (Å²) in [6, 6.07) is -0.0258. The van der Waals surface area contributed by atoms with E-state index in [9.17, 15) is 4.79 Å². The van der Waals surface area contributed by atoms with Crippen LogP contribution >= 0.6 is 12.4 Å². The average molecular weight is 303 g/mol. The molecular formula is C12H19ClN4O3. The lowest BCUT2D eigenvalue weighted by atomic mass is 10.1. The number of nitrogens with zero attached hydrogens (tertiary/aromatic N) is 2. The van der Waals surface area contributed by atoms with Crippen molar-refractivity contribution in [1.29, 1.82) is 0 Å². The monoisotopic (exact) mass is 302 g/mol. The number of amides is 1. The van der Waals surface area contributed by atoms with Gasteiger partial charge in [-0.15, -0.1) is 12.4 Å². The molecule has 1 aromatic rings. The van der Waals surface area contributed by atoms with Gasteiger partial charge in [0.2, 0.25) is 11.8 Å². The predicted molar refractivity (Wildman–Crippen MR) is 75.4 cm³/mol. The Morgan fingerprint density at radius 1 is 1.40 bits per heavy atom. The van der Waals surface area contributed by atoms with E-state index in [0.717, 1.165) is 12.8 Å². The highest BCUT2D eigenvalue weighted by molar-refractivity contribution is 5.98. The Labute approximate surface area is 123 Å². The second-order valence-electron chi connectivity index (χ2n) is 4.42. The molecule has 0 aliphatic heterocycles. The molecule has 2 rings (SSSR count). The van der Waals surface area contributed by atoms with Crippen LogP contribution in [0.4, 0.5) is 0 Å². The first-order chi connectivity index (χ1) is 9.21. The minimum absolute atomic E-state index is 0. The van der Waals surface area contributed by atoms with Crippen molar-refractivity contribution in [2.45, 2.75) is 18.9 Å². The molecule has 1 aliphatic rings. The molecule has 20 heavy (non-hydrogen) atoms. The molecule has 1 amide bonds. The lowest BCUT2D eigenvalue weighted by Gasteiger charge is -2.17. The van der Waals surface area contributed by atoms with Crippen LogP contribution in [0.5, 0.6) is 11.8 Å². The van der Waals surface area contributed by atoms with Crippen LogP contribution in [0.1, 0.15) is 23.2 Å². The van der Waals surface area contributed by atoms with Gasteiger partial charge in [0.15, 0.2) is 5.56 Å². The van der Waals surface area contributed by atoms with Gasteiger partial charge in [0.1, 0.15) is 6.33 Å². The number of carbonyl (C=O) groups is 1. The van der Waals surface area contributed by atoms with Crippen molar-refractivity contribution < 1.29 is 14.3 Å². The van der Waals surface area contributed by atoms with Gasteiger partial charge >= 0.3 is 0 Å². The third-order valence-electron chi connectivity index (χ3n) is 3.15. The van der Waals surface area contributed by atoms with Crippen molar-refractivity contribution in [3.63, 3.8) is 0 Å². The molecule has 1 atom stereocenters. The number of nitrogens with one attached hydrogen (secondary N) is 1. The fraction of sp³-hybridized carbons (Fsp3) is 0.583. The van der Waals surface area contributed by atoms with E-state index in [0.29, 0.717) is 12.5 Å². The number of carbonyl (C=O) groups excluding carboxylic acids is 1. The van der Waals surface area contributed by atoms with Crippen LogP contribution in [0, 0.1) is 5.92 Å². The van der Waals surface area contributed by atoms with Gasteiger partial charge in [0, 0.05) is 12.6 Å². The summed E-state index contributed by atoms with van der Waals surface area (Å²) in [7, 11) is 2.89. The standard InChI is InChI=1S/C12H18N4O3.ClH/c1-18-11-9(12(19-2)15-6-14-11)10(17)16-8(5-13)7-3-4-7;/h6-8H,3-5,13H2,1-2H3,(H,16,17);1H. The van der Waals surface area contributed by atoms with Crippen molar-refractivity contribution in [3.8, 4) is 11.8 Å². The van der Waals surface area contributed by atoms with E-state index in [1.54, 1.807) is 0 Å². The number of rotatable bonds is 6. The SMILES string of the molecule is COc1ncnc(OC)c1C(=O)NC(CN)C1CC1.Cl. The summed E-state index contributed by atoms with van der Waals surface area (Å²) in [6.45, 7) is 0.411. The quantitative estimate of drug-likeness (QED) is 0.788. The number of hydrogen-bond donors (Lipinski definition) is 2. The molecule has 1 heterocycles. The maximum atomic E-state index is 12.3. The van der Waals surface area contributed by atoms with E-state index in [-0.39, 0.29) is 41.7 Å². The third-order valence-corrected chi connectivity index (χ3v) is 3.15. The second-order valence-corrected chi connectivity index (χ2v) is 4.42. The molecule has 1 aromatic heterocycles. The van der Waals surface area contributed by atoms with Crippen LogP contribution in [0.3, 0.4) is 0 Å². The zero-order valence-corrected chi connectivity index (χ0v) is 12.3. The maximum Gasteiger partial charge on any atom is 0.262 e. The molecule has 8 heteroatoms. The molecule has 7 nitrogen and oxygen atoms in total. The summed E-state index contributed by atoms with van der Waals surface area (Å²) in [5.41, 5.74) is 5.87. The number of hydrogen-bond acceptors (Lipinski definition) is 6. The molecule has 0 spiro atoms. The molecule has 1 aliphatic carbocycles. The van der Waals surface area contributed by atoms with Crippen LogP contribution < -0.4 is 20.5 Å². The lowest BCUT2D eigenvalue weighted by molar-refractivity contribution is 0.0925. The van der Waals surface area contributed by atoms with E-state index in [1.165, 1.54) is 20.5 Å². The molecule has 0 bridgehead atoms. The maximum absolute atomic E-state index is 12.3. The zero-order chi connectivity index (χ0) is 13.8. The van der Waals surface area contributed by atoms with Gasteiger partial charge in [0.05, 0.1) is 14.2 Å². The van der Waals surface area contributed by atoms with Gasteiger partial charge in [-0.1, -0.05) is 0 Å². The lowest BCUT2D eigenvalue weighted by Crippen LogP contribution is -2.42. The summed E-state index contributed by atoms with van der Waals surface area (Å²) in [5, 5.41) is 2.89. The molecule has 0 radical (unpaired) electrons. The first-order valence-corrected chi connectivity index (χ1v) is 6.15. The summed E-state index contributed by atoms with van der Waals surface area (Å²) < 4.78 is 10.2. The van der Waals surface area contributed by atoms with Crippen molar-refractivity contribution in [1.82, 2.24) is 15.3 Å². The number of aromatic nitrogens is 2. The average Bonchev–Trinajstić information content (AvgIpc) is 3.27. The van der Waals surface area contributed by atoms with Gasteiger partial charge in [-0.05, 0) is 18.8 Å². The largest absolute Gasteiger partial charge is 0.480 e. The molecule has 0 aromatic carbocycles. The fourth-order valence-electron chi connectivity index (χ4n) is 1.97. The number of halogens is 1. The van der Waals surface area contributed by atoms with Crippen LogP contribution in [-0.2, 0) is 0 Å². The Hall–Kier alpha value is -1.60. The van der Waals surface area contributed by atoms with Crippen molar-refractivity contribution in [2.24, 2.45) is 11.7 Å². The second kappa shape index (κ2) is 7.25. The molecule has 3 N–H and O–H groups in total. The number of methoxy groups -OCH3 is 2. The van der Waals surface area contributed by atoms with E-state index in [2.05, 4.69) is 15.3 Å². The summed E-state index contributed by atoms with van der Waals surface area (Å²) in [6.07, 6.45) is 3.49. The highest BCUT2D eigenvalue weighted by Crippen LogP contribution is 2.33.